The molecule has 3 heterocycles. The van der Waals surface area contributed by atoms with Crippen LogP contribution in [0.15, 0.2) is 53.1 Å². The third-order valence-electron chi connectivity index (χ3n) is 8.69. The lowest BCUT2D eigenvalue weighted by Gasteiger charge is -2.31. The highest BCUT2D eigenvalue weighted by molar-refractivity contribution is 6.00. The van der Waals surface area contributed by atoms with Gasteiger partial charge in [-0.15, -0.1) is 10.2 Å². The first-order valence-corrected chi connectivity index (χ1v) is 17.3. The fourth-order valence-electron chi connectivity index (χ4n) is 5.78. The second-order valence-electron chi connectivity index (χ2n) is 13.3. The summed E-state index contributed by atoms with van der Waals surface area (Å²) >= 11 is 0. The van der Waals surface area contributed by atoms with Gasteiger partial charge < -0.3 is 25.3 Å². The predicted molar refractivity (Wildman–Crippen MR) is 182 cm³/mol. The Morgan fingerprint density at radius 1 is 0.904 bits per heavy atom. The molecule has 1 fully saturated rings. The van der Waals surface area contributed by atoms with Crippen LogP contribution in [0.5, 0.6) is 0 Å². The van der Waals surface area contributed by atoms with Crippen LogP contribution in [0.2, 0.25) is 0 Å². The van der Waals surface area contributed by atoms with Crippen LogP contribution in [0, 0.1) is 11.8 Å². The molecule has 0 aliphatic carbocycles. The van der Waals surface area contributed by atoms with E-state index >= 15 is 0 Å². The summed E-state index contributed by atoms with van der Waals surface area (Å²) in [4.78, 5) is 71.2. The Kier molecular flexibility index (Phi) is 13.6. The zero-order chi connectivity index (χ0) is 38.0. The second-order valence-corrected chi connectivity index (χ2v) is 13.3. The summed E-state index contributed by atoms with van der Waals surface area (Å²) in [6.07, 6.45) is -0.00870. The topological polar surface area (TPSA) is 176 Å². The Morgan fingerprint density at radius 3 is 2.25 bits per heavy atom. The molecule has 0 bridgehead atoms. The molecule has 4 amide bonds. The number of carbonyl (C=O) groups is 5. The van der Waals surface area contributed by atoms with Crippen LogP contribution in [0.3, 0.4) is 0 Å². The van der Waals surface area contributed by atoms with Gasteiger partial charge in [0.15, 0.2) is 0 Å². The molecule has 0 spiro atoms. The summed E-state index contributed by atoms with van der Waals surface area (Å²) < 4.78 is 44.4. The number of nitrogens with one attached hydrogen (secondary N) is 3. The summed E-state index contributed by atoms with van der Waals surface area (Å²) in [6, 6.07) is 6.25. The summed E-state index contributed by atoms with van der Waals surface area (Å²) in [5.74, 6) is -3.49. The van der Waals surface area contributed by atoms with E-state index in [0.29, 0.717) is 50.9 Å². The fraction of sp³-hybridized carbons (Fsp3) is 0.500. The van der Waals surface area contributed by atoms with Crippen LogP contribution in [0.4, 0.5) is 13.2 Å². The molecular weight excluding hydrogens is 683 g/mol. The normalized spacial score (nSPS) is 15.7. The van der Waals surface area contributed by atoms with Crippen molar-refractivity contribution in [1.29, 1.82) is 0 Å². The highest BCUT2D eigenvalue weighted by atomic mass is 19.4. The van der Waals surface area contributed by atoms with E-state index in [1.807, 2.05) is 0 Å². The minimum Gasteiger partial charge on any atom is -0.414 e. The first kappa shape index (κ1) is 39.6. The van der Waals surface area contributed by atoms with Crippen LogP contribution in [-0.2, 0) is 20.6 Å². The monoisotopic (exact) mass is 727 g/mol. The molecule has 2 aromatic heterocycles. The van der Waals surface area contributed by atoms with Crippen LogP contribution in [0.25, 0.3) is 11.5 Å². The molecule has 1 aliphatic heterocycles. The number of rotatable bonds is 16. The number of nitrogens with zero attached hydrogens (tertiary/aromatic N) is 4. The lowest BCUT2D eigenvalue weighted by Crippen LogP contribution is -2.57. The molecule has 3 N–H and O–H groups in total. The number of pyridine rings is 1. The molecule has 16 heteroatoms. The van der Waals surface area contributed by atoms with Crippen molar-refractivity contribution in [1.82, 2.24) is 36.0 Å². The number of Topliss-reactive ketones (excluding diaryl/α,β-unsaturated/α-hetero) is 1. The molecule has 0 radical (unpaired) electrons. The number of alkyl halides is 3. The lowest BCUT2D eigenvalue weighted by molar-refractivity contribution is -0.142. The Labute approximate surface area is 299 Å². The van der Waals surface area contributed by atoms with Gasteiger partial charge in [-0.05, 0) is 73.9 Å². The number of carbonyl (C=O) groups excluding carboxylic acids is 5. The SMILES string of the molecule is CC(C)C(NC(=O)[C@@H]1CCCN1C(=O)C(NC(=O)CCCCCNC(=O)c1ccccn1)C(C)C)C(=O)c1nnc(-c2ccc(C(F)(F)F)cc2)o1. The molecule has 2 unspecified atom stereocenters. The van der Waals surface area contributed by atoms with Gasteiger partial charge in [-0.25, -0.2) is 0 Å². The van der Waals surface area contributed by atoms with Crippen LogP contribution < -0.4 is 16.0 Å². The minimum atomic E-state index is -4.52. The van der Waals surface area contributed by atoms with Gasteiger partial charge in [-0.1, -0.05) is 40.2 Å². The van der Waals surface area contributed by atoms with Gasteiger partial charge >= 0.3 is 6.18 Å². The summed E-state index contributed by atoms with van der Waals surface area (Å²) in [5, 5.41) is 15.9. The van der Waals surface area contributed by atoms with Crippen LogP contribution >= 0.6 is 0 Å². The summed E-state index contributed by atoms with van der Waals surface area (Å²) in [6.45, 7) is 7.74. The zero-order valence-corrected chi connectivity index (χ0v) is 29.5. The number of unbranched alkanes of at least 4 members (excludes halogenated alkanes) is 2. The number of hydrogen-bond donors (Lipinski definition) is 3. The standard InChI is InChI=1S/C36H44F3N7O6/c1-21(2)28(30(48)34-45-44-33(52-34)23-14-16-24(17-15-23)36(37,38)39)43-32(50)26-12-10-20-46(26)35(51)29(22(3)4)42-27(47)13-6-5-8-19-41-31(49)25-11-7-9-18-40-25/h7,9,11,14-18,21-22,26,28-29H,5-6,8,10,12-13,19-20H2,1-4H3,(H,41,49)(H,42,47)(H,43,50)/t26-,28?,29?/m0/s1. The second kappa shape index (κ2) is 17.9. The molecular formula is C36H44F3N7O6. The van der Waals surface area contributed by atoms with Crippen molar-refractivity contribution in [2.24, 2.45) is 11.8 Å². The Hall–Kier alpha value is -5.15. The largest absolute Gasteiger partial charge is 0.416 e. The van der Waals surface area contributed by atoms with Crippen molar-refractivity contribution in [2.75, 3.05) is 13.1 Å². The maximum atomic E-state index is 13.7. The predicted octanol–water partition coefficient (Wildman–Crippen LogP) is 4.60. The van der Waals surface area contributed by atoms with Crippen molar-refractivity contribution < 1.29 is 41.6 Å². The van der Waals surface area contributed by atoms with E-state index in [0.717, 1.165) is 24.3 Å². The van der Waals surface area contributed by atoms with Crippen molar-refractivity contribution >= 4 is 29.4 Å². The third-order valence-corrected chi connectivity index (χ3v) is 8.69. The number of likely N-dealkylation sites (tertiary alicyclic amines) is 1. The average Bonchev–Trinajstić information content (AvgIpc) is 3.81. The number of aromatic nitrogens is 3. The molecule has 52 heavy (non-hydrogen) atoms. The number of amides is 4. The molecule has 13 nitrogen and oxygen atoms in total. The Bertz CT molecular complexity index is 1700. The first-order valence-electron chi connectivity index (χ1n) is 17.3. The van der Waals surface area contributed by atoms with Gasteiger partial charge in [-0.3, -0.25) is 29.0 Å². The van der Waals surface area contributed by atoms with Crippen LogP contribution in [0.1, 0.15) is 93.0 Å². The molecule has 0 saturated carbocycles. The maximum Gasteiger partial charge on any atom is 0.416 e. The van der Waals surface area contributed by atoms with Gasteiger partial charge in [0.2, 0.25) is 29.4 Å². The summed E-state index contributed by atoms with van der Waals surface area (Å²) in [5.41, 5.74) is -0.347. The maximum absolute atomic E-state index is 13.7. The highest BCUT2D eigenvalue weighted by Gasteiger charge is 2.40. The number of ketones is 1. The average molecular weight is 728 g/mol. The smallest absolute Gasteiger partial charge is 0.414 e. The zero-order valence-electron chi connectivity index (χ0n) is 29.5. The molecule has 280 valence electrons. The van der Waals surface area contributed by atoms with E-state index in [-0.39, 0.29) is 35.6 Å². The minimum absolute atomic E-state index is 0.162. The number of halogens is 3. The van der Waals surface area contributed by atoms with Crippen molar-refractivity contribution in [2.45, 2.75) is 90.5 Å². The fourth-order valence-corrected chi connectivity index (χ4v) is 5.78. The molecule has 3 aromatic rings. The highest BCUT2D eigenvalue weighted by Crippen LogP contribution is 2.31. The first-order chi connectivity index (χ1) is 24.7. The number of benzene rings is 1. The van der Waals surface area contributed by atoms with E-state index in [9.17, 15) is 37.1 Å². The third kappa shape index (κ3) is 10.4. The van der Waals surface area contributed by atoms with E-state index < -0.39 is 59.3 Å². The van der Waals surface area contributed by atoms with E-state index in [4.69, 9.17) is 4.42 Å². The van der Waals surface area contributed by atoms with E-state index in [2.05, 4.69) is 31.1 Å². The Balaban J connectivity index is 1.30. The van der Waals surface area contributed by atoms with Gasteiger partial charge in [0.1, 0.15) is 17.8 Å². The van der Waals surface area contributed by atoms with E-state index in [1.165, 1.54) is 4.90 Å². The lowest BCUT2D eigenvalue weighted by atomic mass is 9.98. The molecule has 1 aliphatic rings. The van der Waals surface area contributed by atoms with Gasteiger partial charge in [0.25, 0.3) is 11.8 Å². The molecule has 3 atom stereocenters. The van der Waals surface area contributed by atoms with Crippen molar-refractivity contribution in [3.8, 4) is 11.5 Å². The van der Waals surface area contributed by atoms with Gasteiger partial charge in [-0.2, -0.15) is 13.2 Å². The molecule has 1 aromatic carbocycles. The molecule has 4 rings (SSSR count). The van der Waals surface area contributed by atoms with Crippen molar-refractivity contribution in [3.05, 3.63) is 65.8 Å². The Morgan fingerprint density at radius 2 is 1.62 bits per heavy atom. The van der Waals surface area contributed by atoms with Gasteiger partial charge in [0.05, 0.1) is 11.6 Å². The molecule has 1 saturated heterocycles. The van der Waals surface area contributed by atoms with Crippen LogP contribution in [-0.4, -0.2) is 80.7 Å². The summed E-state index contributed by atoms with van der Waals surface area (Å²) in [7, 11) is 0. The van der Waals surface area contributed by atoms with Crippen molar-refractivity contribution in [3.63, 3.8) is 0 Å². The van der Waals surface area contributed by atoms with E-state index in [1.54, 1.807) is 52.1 Å². The number of hydrogen-bond acceptors (Lipinski definition) is 9. The van der Waals surface area contributed by atoms with Gasteiger partial charge in [0, 0.05) is 31.3 Å². The quantitative estimate of drug-likeness (QED) is 0.141.